The topological polar surface area (TPSA) is 40.4 Å². The molecule has 0 aliphatic carbocycles. The SMILES string of the molecule is C=C(C)C(=O)CCCCCC(=O)c1ccc(C(C=CC2=[N+](C)c3ccccc3C2(C)C)=CC=C2N(CCCC)c3ccc4ccccc4c3C2(C)C)cc1. The molecule has 2 aliphatic rings. The van der Waals surface area contributed by atoms with Crippen LogP contribution in [0.1, 0.15) is 114 Å². The molecule has 4 aromatic rings. The molecule has 0 saturated heterocycles. The van der Waals surface area contributed by atoms with Crippen LogP contribution in [0.5, 0.6) is 0 Å². The molecule has 0 atom stereocenters. The first-order valence-corrected chi connectivity index (χ1v) is 19.8. The summed E-state index contributed by atoms with van der Waals surface area (Å²) in [4.78, 5) is 27.6. The van der Waals surface area contributed by atoms with Gasteiger partial charge in [0.2, 0.25) is 5.69 Å². The summed E-state index contributed by atoms with van der Waals surface area (Å²) in [5.41, 5.74) is 10.9. The van der Waals surface area contributed by atoms with Gasteiger partial charge in [-0.25, -0.2) is 0 Å². The van der Waals surface area contributed by atoms with Crippen molar-refractivity contribution >= 4 is 45.0 Å². The van der Waals surface area contributed by atoms with Crippen LogP contribution >= 0.6 is 0 Å². The van der Waals surface area contributed by atoms with E-state index in [0.29, 0.717) is 18.4 Å². The first kappa shape index (κ1) is 38.6. The van der Waals surface area contributed by atoms with E-state index >= 15 is 0 Å². The summed E-state index contributed by atoms with van der Waals surface area (Å²) < 4.78 is 2.31. The second-order valence-corrected chi connectivity index (χ2v) is 16.2. The quantitative estimate of drug-likeness (QED) is 0.0404. The Hall–Kier alpha value is -5.09. The van der Waals surface area contributed by atoms with E-state index < -0.39 is 0 Å². The summed E-state index contributed by atoms with van der Waals surface area (Å²) in [5, 5.41) is 2.59. The fourth-order valence-corrected chi connectivity index (χ4v) is 8.43. The van der Waals surface area contributed by atoms with Crippen molar-refractivity contribution in [3.63, 3.8) is 0 Å². The zero-order valence-electron chi connectivity index (χ0n) is 33.5. The average Bonchev–Trinajstić information content (AvgIpc) is 3.51. The van der Waals surface area contributed by atoms with Crippen molar-refractivity contribution in [3.05, 3.63) is 149 Å². The lowest BCUT2D eigenvalue weighted by Crippen LogP contribution is -2.27. The highest BCUT2D eigenvalue weighted by Gasteiger charge is 2.43. The first-order chi connectivity index (χ1) is 25.9. The average molecular weight is 718 g/mol. The molecule has 0 aromatic heterocycles. The summed E-state index contributed by atoms with van der Waals surface area (Å²) in [6.07, 6.45) is 14.8. The largest absolute Gasteiger partial charge is 0.344 e. The van der Waals surface area contributed by atoms with Crippen LogP contribution in [0.4, 0.5) is 11.4 Å². The third kappa shape index (κ3) is 7.62. The molecule has 6 rings (SSSR count). The summed E-state index contributed by atoms with van der Waals surface area (Å²) in [6.45, 7) is 18.0. The second-order valence-electron chi connectivity index (χ2n) is 16.2. The van der Waals surface area contributed by atoms with Gasteiger partial charge in [0.25, 0.3) is 0 Å². The van der Waals surface area contributed by atoms with Crippen LogP contribution < -0.4 is 4.90 Å². The monoisotopic (exact) mass is 717 g/mol. The predicted octanol–water partition coefficient (Wildman–Crippen LogP) is 12.2. The van der Waals surface area contributed by atoms with E-state index in [2.05, 4.69) is 155 Å². The molecule has 0 bridgehead atoms. The van der Waals surface area contributed by atoms with Crippen molar-refractivity contribution in [1.29, 1.82) is 0 Å². The van der Waals surface area contributed by atoms with Gasteiger partial charge in [-0.05, 0) is 91.3 Å². The fourth-order valence-electron chi connectivity index (χ4n) is 8.43. The number of carbonyl (C=O) groups is 2. The highest BCUT2D eigenvalue weighted by Crippen LogP contribution is 2.51. The molecule has 2 aliphatic heterocycles. The number of carbonyl (C=O) groups excluding carboxylic acids is 2. The third-order valence-electron chi connectivity index (χ3n) is 11.6. The molecule has 4 heteroatoms. The van der Waals surface area contributed by atoms with Crippen LogP contribution in [0.3, 0.4) is 0 Å². The molecule has 0 N–H and O–H groups in total. The van der Waals surface area contributed by atoms with E-state index in [-0.39, 0.29) is 22.4 Å². The minimum atomic E-state index is -0.201. The van der Waals surface area contributed by atoms with Gasteiger partial charge in [-0.2, -0.15) is 4.58 Å². The summed E-state index contributed by atoms with van der Waals surface area (Å²) >= 11 is 0. The van der Waals surface area contributed by atoms with Gasteiger partial charge in [-0.15, -0.1) is 0 Å². The van der Waals surface area contributed by atoms with Gasteiger partial charge in [0, 0.05) is 59.5 Å². The Morgan fingerprint density at radius 2 is 1.48 bits per heavy atom. The number of fused-ring (bicyclic) bond motifs is 4. The Morgan fingerprint density at radius 1 is 0.796 bits per heavy atom. The zero-order chi connectivity index (χ0) is 38.6. The Bertz CT molecular complexity index is 2210. The Labute approximate surface area is 323 Å². The first-order valence-electron chi connectivity index (χ1n) is 19.8. The van der Waals surface area contributed by atoms with E-state index in [4.69, 9.17) is 0 Å². The molecule has 0 saturated carbocycles. The normalized spacial score (nSPS) is 16.8. The zero-order valence-corrected chi connectivity index (χ0v) is 33.5. The highest BCUT2D eigenvalue weighted by molar-refractivity contribution is 6.04. The van der Waals surface area contributed by atoms with E-state index in [0.717, 1.165) is 55.3 Å². The molecule has 0 radical (unpaired) electrons. The van der Waals surface area contributed by atoms with E-state index in [1.165, 1.54) is 44.7 Å². The van der Waals surface area contributed by atoms with Crippen molar-refractivity contribution in [2.45, 2.75) is 97.3 Å². The molecule has 0 amide bonds. The van der Waals surface area contributed by atoms with Gasteiger partial charge in [-0.1, -0.05) is 119 Å². The molecule has 4 aromatic carbocycles. The van der Waals surface area contributed by atoms with Gasteiger partial charge in [0.15, 0.2) is 17.3 Å². The number of hydrogen-bond donors (Lipinski definition) is 0. The van der Waals surface area contributed by atoms with Crippen molar-refractivity contribution in [2.24, 2.45) is 0 Å². The maximum atomic E-state index is 13.2. The van der Waals surface area contributed by atoms with E-state index in [1.54, 1.807) is 6.92 Å². The number of nitrogens with zero attached hydrogens (tertiary/aromatic N) is 2. The maximum absolute atomic E-state index is 13.2. The Morgan fingerprint density at radius 3 is 2.20 bits per heavy atom. The van der Waals surface area contributed by atoms with Crippen molar-refractivity contribution in [2.75, 3.05) is 18.5 Å². The van der Waals surface area contributed by atoms with Gasteiger partial charge < -0.3 is 4.90 Å². The smallest absolute Gasteiger partial charge is 0.209 e. The lowest BCUT2D eigenvalue weighted by atomic mass is 9.80. The standard InChI is InChI=1S/C50H57N2O2/c1-9-10-34-52-43-31-28-38-18-14-15-19-40(38)48(43)50(6,7)47(52)33-30-37(29-32-46-49(4,5)41-20-16-17-21-42(41)51(46)8)36-24-26-39(27-25-36)45(54)23-13-11-12-22-44(53)35(2)3/h14-21,24-33H,2,9-13,22-23,34H2,1,3-8H3/q+1. The van der Waals surface area contributed by atoms with Crippen molar-refractivity contribution < 1.29 is 14.2 Å². The minimum absolute atomic E-state index is 0.111. The highest BCUT2D eigenvalue weighted by atomic mass is 16.1. The summed E-state index contributed by atoms with van der Waals surface area (Å²) in [6, 6.07) is 30.1. The Kier molecular flexibility index (Phi) is 11.5. The molecule has 4 nitrogen and oxygen atoms in total. The van der Waals surface area contributed by atoms with Crippen LogP contribution in [-0.4, -0.2) is 35.4 Å². The molecule has 0 fully saturated rings. The van der Waals surface area contributed by atoms with Crippen LogP contribution in [0.15, 0.2) is 127 Å². The number of unbranched alkanes of at least 4 members (excludes halogenated alkanes) is 3. The minimum Gasteiger partial charge on any atom is -0.344 e. The molecular weight excluding hydrogens is 661 g/mol. The summed E-state index contributed by atoms with van der Waals surface area (Å²) in [5.74, 6) is 0.252. The number of para-hydroxylation sites is 1. The number of allylic oxidation sites excluding steroid dienone is 7. The second kappa shape index (κ2) is 16.1. The van der Waals surface area contributed by atoms with Crippen LogP contribution in [0, 0.1) is 0 Å². The number of ketones is 2. The van der Waals surface area contributed by atoms with Gasteiger partial charge >= 0.3 is 0 Å². The molecule has 0 spiro atoms. The number of benzene rings is 4. The van der Waals surface area contributed by atoms with E-state index in [9.17, 15) is 9.59 Å². The van der Waals surface area contributed by atoms with Crippen LogP contribution in [0.25, 0.3) is 16.3 Å². The van der Waals surface area contributed by atoms with E-state index in [1.807, 2.05) is 12.1 Å². The third-order valence-corrected chi connectivity index (χ3v) is 11.6. The molecule has 278 valence electrons. The lowest BCUT2D eigenvalue weighted by Gasteiger charge is -2.27. The number of Topliss-reactive ketones (excluding diaryl/α,β-unsaturated/α-hetero) is 2. The molecular formula is C50H57N2O2+. The number of rotatable bonds is 15. The fraction of sp³-hybridized carbons (Fsp3) is 0.340. The molecule has 54 heavy (non-hydrogen) atoms. The number of anilines is 1. The van der Waals surface area contributed by atoms with Crippen molar-refractivity contribution in [1.82, 2.24) is 0 Å². The van der Waals surface area contributed by atoms with Gasteiger partial charge in [0.05, 0.1) is 5.41 Å². The number of hydrogen-bond acceptors (Lipinski definition) is 3. The van der Waals surface area contributed by atoms with Crippen LogP contribution in [-0.2, 0) is 15.6 Å². The van der Waals surface area contributed by atoms with Crippen molar-refractivity contribution in [3.8, 4) is 0 Å². The molecule has 0 unspecified atom stereocenters. The van der Waals surface area contributed by atoms with Gasteiger partial charge in [0.1, 0.15) is 7.05 Å². The Balaban J connectivity index is 1.35. The summed E-state index contributed by atoms with van der Waals surface area (Å²) in [7, 11) is 2.16. The lowest BCUT2D eigenvalue weighted by molar-refractivity contribution is -0.401. The molecule has 2 heterocycles. The maximum Gasteiger partial charge on any atom is 0.209 e. The predicted molar refractivity (Wildman–Crippen MR) is 228 cm³/mol. The van der Waals surface area contributed by atoms with Gasteiger partial charge in [-0.3, -0.25) is 9.59 Å². The van der Waals surface area contributed by atoms with Crippen LogP contribution in [0.2, 0.25) is 0 Å².